The predicted molar refractivity (Wildman–Crippen MR) is 178 cm³/mol. The van der Waals surface area contributed by atoms with Crippen LogP contribution < -0.4 is 21.1 Å². The number of pyridine rings is 2. The molecule has 0 unspecified atom stereocenters. The summed E-state index contributed by atoms with van der Waals surface area (Å²) in [6.07, 6.45) is 1.18. The van der Waals surface area contributed by atoms with Crippen molar-refractivity contribution in [3.8, 4) is 22.7 Å². The number of aromatic hydroxyl groups is 1. The Labute approximate surface area is 275 Å². The van der Waals surface area contributed by atoms with E-state index >= 15 is 8.78 Å². The molecule has 1 aromatic carbocycles. The quantitative estimate of drug-likeness (QED) is 0.301. The maximum atomic E-state index is 16.3. The molecule has 4 aromatic rings. The molecule has 250 valence electrons. The van der Waals surface area contributed by atoms with Crippen molar-refractivity contribution in [1.82, 2.24) is 24.4 Å². The van der Waals surface area contributed by atoms with Crippen LogP contribution in [0.2, 0.25) is 0 Å². The number of carbonyl (C=O) groups is 2. The highest BCUT2D eigenvalue weighted by Gasteiger charge is 2.46. The number of phenols is 1. The van der Waals surface area contributed by atoms with E-state index in [-0.39, 0.29) is 64.9 Å². The van der Waals surface area contributed by atoms with E-state index in [0.29, 0.717) is 11.4 Å². The molecule has 5 heterocycles. The highest BCUT2D eigenvalue weighted by Crippen LogP contribution is 2.44. The number of nitrogens with zero attached hydrogens (tertiary/aromatic N) is 7. The summed E-state index contributed by atoms with van der Waals surface area (Å²) in [5, 5.41) is 10.8. The number of amides is 2. The molecule has 0 aliphatic carbocycles. The van der Waals surface area contributed by atoms with Gasteiger partial charge in [-0.3, -0.25) is 19.0 Å². The molecular weight excluding hydrogens is 622 g/mol. The van der Waals surface area contributed by atoms with Crippen molar-refractivity contribution in [3.63, 3.8) is 0 Å². The van der Waals surface area contributed by atoms with Gasteiger partial charge in [-0.05, 0) is 43.0 Å². The van der Waals surface area contributed by atoms with Gasteiger partial charge in [0, 0.05) is 25.0 Å². The SMILES string of the molecule is C=CC(=O)N1C[C@@H]2C(=O)N(C)c3c(c4cc(F)c(-c5c(O)cccc5F)nc4n(-c4c(C(C)C)nc(N)nc4C(C)C)c3=O)N2C[C@H]1C. The molecule has 14 heteroatoms. The van der Waals surface area contributed by atoms with Gasteiger partial charge in [-0.25, -0.2) is 23.7 Å². The van der Waals surface area contributed by atoms with E-state index in [0.717, 1.165) is 12.1 Å². The van der Waals surface area contributed by atoms with Gasteiger partial charge in [-0.1, -0.05) is 40.3 Å². The van der Waals surface area contributed by atoms with Gasteiger partial charge < -0.3 is 25.5 Å². The molecule has 0 bridgehead atoms. The van der Waals surface area contributed by atoms with Crippen molar-refractivity contribution in [2.24, 2.45) is 0 Å². The van der Waals surface area contributed by atoms with E-state index in [2.05, 4.69) is 21.5 Å². The summed E-state index contributed by atoms with van der Waals surface area (Å²) < 4.78 is 32.7. The fraction of sp³-hybridized carbons (Fsp3) is 0.353. The maximum absolute atomic E-state index is 16.3. The fourth-order valence-corrected chi connectivity index (χ4v) is 6.71. The van der Waals surface area contributed by atoms with E-state index < -0.39 is 52.2 Å². The third kappa shape index (κ3) is 4.85. The largest absolute Gasteiger partial charge is 0.507 e. The Morgan fingerprint density at radius 1 is 1.02 bits per heavy atom. The maximum Gasteiger partial charge on any atom is 0.283 e. The fourth-order valence-electron chi connectivity index (χ4n) is 6.71. The second-order valence-corrected chi connectivity index (χ2v) is 12.8. The van der Waals surface area contributed by atoms with Crippen molar-refractivity contribution >= 4 is 40.2 Å². The van der Waals surface area contributed by atoms with Gasteiger partial charge >= 0.3 is 0 Å². The summed E-state index contributed by atoms with van der Waals surface area (Å²) in [6, 6.07) is 3.37. The number of fused-ring (bicyclic) bond motifs is 5. The molecule has 2 aliphatic rings. The lowest BCUT2D eigenvalue weighted by molar-refractivity contribution is -0.130. The van der Waals surface area contributed by atoms with Crippen molar-refractivity contribution in [2.45, 2.75) is 58.5 Å². The molecule has 48 heavy (non-hydrogen) atoms. The molecule has 12 nitrogen and oxygen atoms in total. The Kier molecular flexibility index (Phi) is 7.92. The molecule has 0 spiro atoms. The summed E-state index contributed by atoms with van der Waals surface area (Å²) in [7, 11) is 1.45. The number of nitrogen functional groups attached to an aromatic ring is 1. The average Bonchev–Trinajstić information content (AvgIpc) is 3.03. The van der Waals surface area contributed by atoms with Crippen LogP contribution in [-0.2, 0) is 9.59 Å². The van der Waals surface area contributed by atoms with Gasteiger partial charge in [0.25, 0.3) is 11.5 Å². The molecule has 3 N–H and O–H groups in total. The highest BCUT2D eigenvalue weighted by atomic mass is 19.1. The van der Waals surface area contributed by atoms with Crippen molar-refractivity contribution < 1.29 is 23.5 Å². The summed E-state index contributed by atoms with van der Waals surface area (Å²) in [6.45, 7) is 13.0. The number of rotatable bonds is 5. The molecule has 2 atom stereocenters. The number of phenolic OH excluding ortho intramolecular Hbond substituents is 1. The number of nitrogens with two attached hydrogens (primary N) is 1. The number of likely N-dealkylation sites (N-methyl/N-ethyl adjacent to an activating group) is 1. The molecule has 0 saturated carbocycles. The third-order valence-corrected chi connectivity index (χ3v) is 8.99. The smallest absolute Gasteiger partial charge is 0.283 e. The predicted octanol–water partition coefficient (Wildman–Crippen LogP) is 4.22. The Balaban J connectivity index is 1.79. The first-order valence-electron chi connectivity index (χ1n) is 15.6. The lowest BCUT2D eigenvalue weighted by atomic mass is 9.97. The molecule has 1 fully saturated rings. The van der Waals surface area contributed by atoms with Crippen LogP contribution >= 0.6 is 0 Å². The zero-order valence-electron chi connectivity index (χ0n) is 27.5. The number of halogens is 2. The monoisotopic (exact) mass is 658 g/mol. The first-order valence-corrected chi connectivity index (χ1v) is 15.6. The second kappa shape index (κ2) is 11.7. The Morgan fingerprint density at radius 2 is 1.67 bits per heavy atom. The van der Waals surface area contributed by atoms with Crippen LogP contribution in [0.3, 0.4) is 0 Å². The molecule has 2 amide bonds. The Morgan fingerprint density at radius 3 is 2.25 bits per heavy atom. The van der Waals surface area contributed by atoms with Gasteiger partial charge in [0.1, 0.15) is 29.0 Å². The van der Waals surface area contributed by atoms with Gasteiger partial charge in [0.05, 0.1) is 34.9 Å². The minimum Gasteiger partial charge on any atom is -0.507 e. The summed E-state index contributed by atoms with van der Waals surface area (Å²) in [4.78, 5) is 59.7. The second-order valence-electron chi connectivity index (χ2n) is 12.8. The van der Waals surface area contributed by atoms with E-state index in [4.69, 9.17) is 5.73 Å². The van der Waals surface area contributed by atoms with E-state index in [1.165, 1.54) is 39.6 Å². The molecule has 2 aliphatic heterocycles. The number of hydrogen-bond donors (Lipinski definition) is 2. The van der Waals surface area contributed by atoms with E-state index in [1.807, 2.05) is 27.7 Å². The molecular formula is C34H36F2N8O4. The topological polar surface area (TPSA) is 151 Å². The number of piperazine rings is 1. The van der Waals surface area contributed by atoms with Gasteiger partial charge in [-0.15, -0.1) is 0 Å². The summed E-state index contributed by atoms with van der Waals surface area (Å²) >= 11 is 0. The number of aromatic nitrogens is 4. The number of benzene rings is 1. The first-order chi connectivity index (χ1) is 22.7. The molecule has 3 aromatic heterocycles. The Bertz CT molecular complexity index is 2050. The van der Waals surface area contributed by atoms with Gasteiger partial charge in [-0.2, -0.15) is 0 Å². The zero-order chi connectivity index (χ0) is 34.9. The van der Waals surface area contributed by atoms with Gasteiger partial charge in [0.2, 0.25) is 11.9 Å². The van der Waals surface area contributed by atoms with Crippen LogP contribution in [0.1, 0.15) is 57.8 Å². The standard InChI is InChI=1S/C34H36F2N8O4/c1-8-23(46)42-14-21-32(47)41(7)30-28(43(21)13-17(42)6)18-12-20(36)27(24-19(35)10-9-11-22(24)45)38-31(18)44(33(30)48)29-25(15(2)3)39-34(37)40-26(29)16(4)5/h8-12,15-17,21,45H,1,13-14H2,2-7H3,(H2,37,39,40)/t17-,21-/m1/s1. The van der Waals surface area contributed by atoms with Crippen LogP contribution in [-0.4, -0.2) is 73.6 Å². The van der Waals surface area contributed by atoms with E-state index in [9.17, 15) is 19.5 Å². The lowest BCUT2D eigenvalue weighted by Gasteiger charge is -2.49. The van der Waals surface area contributed by atoms with Crippen LogP contribution in [0, 0.1) is 11.6 Å². The molecule has 6 rings (SSSR count). The minimum absolute atomic E-state index is 0.00288. The third-order valence-electron chi connectivity index (χ3n) is 8.99. The number of hydrogen-bond acceptors (Lipinski definition) is 9. The Hall–Kier alpha value is -5.40. The van der Waals surface area contributed by atoms with Crippen LogP contribution in [0.25, 0.3) is 28.0 Å². The summed E-state index contributed by atoms with van der Waals surface area (Å²) in [5.41, 5.74) is 5.64. The highest BCUT2D eigenvalue weighted by molar-refractivity contribution is 6.12. The zero-order valence-corrected chi connectivity index (χ0v) is 27.5. The minimum atomic E-state index is -0.971. The summed E-state index contributed by atoms with van der Waals surface area (Å²) in [5.74, 6) is -3.80. The number of carbonyl (C=O) groups excluding carboxylic acids is 2. The molecule has 1 saturated heterocycles. The van der Waals surface area contributed by atoms with Crippen molar-refractivity contribution in [1.29, 1.82) is 0 Å². The van der Waals surface area contributed by atoms with Crippen LogP contribution in [0.4, 0.5) is 26.1 Å². The van der Waals surface area contributed by atoms with Crippen LogP contribution in [0.5, 0.6) is 5.75 Å². The van der Waals surface area contributed by atoms with Gasteiger partial charge in [0.15, 0.2) is 11.5 Å². The average molecular weight is 659 g/mol. The van der Waals surface area contributed by atoms with Crippen molar-refractivity contribution in [2.75, 3.05) is 35.7 Å². The first kappa shape index (κ1) is 32.5. The lowest BCUT2D eigenvalue weighted by Crippen LogP contribution is -2.66. The normalized spacial score (nSPS) is 17.7. The van der Waals surface area contributed by atoms with Crippen molar-refractivity contribution in [3.05, 3.63) is 70.3 Å². The van der Waals surface area contributed by atoms with E-state index in [1.54, 1.807) is 11.8 Å². The molecule has 0 radical (unpaired) electrons. The van der Waals surface area contributed by atoms with Crippen LogP contribution in [0.15, 0.2) is 41.7 Å². The number of anilines is 3.